The normalized spacial score (nSPS) is 10.3. The van der Waals surface area contributed by atoms with E-state index in [0.717, 1.165) is 22.0 Å². The van der Waals surface area contributed by atoms with Gasteiger partial charge in [-0.2, -0.15) is 0 Å². The van der Waals surface area contributed by atoms with Crippen LogP contribution < -0.4 is 4.74 Å². The van der Waals surface area contributed by atoms with Crippen molar-refractivity contribution in [3.05, 3.63) is 52.0 Å². The van der Waals surface area contributed by atoms with Gasteiger partial charge in [0, 0.05) is 17.6 Å². The number of carbonyl (C=O) groups excluding carboxylic acids is 1. The van der Waals surface area contributed by atoms with Crippen molar-refractivity contribution in [2.75, 3.05) is 7.11 Å². The number of amides is 1. The Morgan fingerprint density at radius 2 is 1.86 bits per heavy atom. The fourth-order valence-electron chi connectivity index (χ4n) is 2.06. The van der Waals surface area contributed by atoms with E-state index in [1.165, 1.54) is 7.11 Å². The van der Waals surface area contributed by atoms with Gasteiger partial charge in [-0.1, -0.05) is 28.1 Å². The van der Waals surface area contributed by atoms with E-state index in [1.54, 1.807) is 41.3 Å². The molecule has 0 aliphatic carbocycles. The number of phenols is 2. The monoisotopic (exact) mass is 365 g/mol. The van der Waals surface area contributed by atoms with E-state index >= 15 is 0 Å². The maximum Gasteiger partial charge on any atom is 0.210 e. The van der Waals surface area contributed by atoms with Crippen molar-refractivity contribution in [2.24, 2.45) is 0 Å². The highest BCUT2D eigenvalue weighted by Crippen LogP contribution is 2.33. The Balaban J connectivity index is 2.14. The lowest BCUT2D eigenvalue weighted by Gasteiger charge is -2.19. The summed E-state index contributed by atoms with van der Waals surface area (Å²) in [5.74, 6) is 0.576. The Kier molecular flexibility index (Phi) is 5.27. The molecule has 2 aromatic rings. The molecule has 22 heavy (non-hydrogen) atoms. The van der Waals surface area contributed by atoms with E-state index in [1.807, 2.05) is 0 Å². The van der Waals surface area contributed by atoms with Gasteiger partial charge in [-0.3, -0.25) is 4.79 Å². The molecular formula is C16H16BrNO4. The third-order valence-electron chi connectivity index (χ3n) is 3.19. The van der Waals surface area contributed by atoms with Crippen molar-refractivity contribution in [3.63, 3.8) is 0 Å². The van der Waals surface area contributed by atoms with Crippen molar-refractivity contribution in [1.29, 1.82) is 0 Å². The van der Waals surface area contributed by atoms with E-state index in [2.05, 4.69) is 15.9 Å². The molecular weight excluding hydrogens is 350 g/mol. The minimum Gasteiger partial charge on any atom is -0.508 e. The highest BCUT2D eigenvalue weighted by Gasteiger charge is 2.11. The molecule has 5 nitrogen and oxygen atoms in total. The first kappa shape index (κ1) is 16.2. The predicted molar refractivity (Wildman–Crippen MR) is 85.8 cm³/mol. The number of phenolic OH excluding ortho intramolecular Hbond substituents is 2. The van der Waals surface area contributed by atoms with Gasteiger partial charge in [-0.25, -0.2) is 0 Å². The van der Waals surface area contributed by atoms with Gasteiger partial charge in [0.15, 0.2) is 11.5 Å². The van der Waals surface area contributed by atoms with Crippen LogP contribution in [-0.4, -0.2) is 28.6 Å². The van der Waals surface area contributed by atoms with Crippen LogP contribution in [0.5, 0.6) is 17.2 Å². The fourth-order valence-corrected chi connectivity index (χ4v) is 2.50. The molecule has 0 spiro atoms. The van der Waals surface area contributed by atoms with Gasteiger partial charge in [0.25, 0.3) is 0 Å². The minimum atomic E-state index is 0.0242. The van der Waals surface area contributed by atoms with Gasteiger partial charge in [0.2, 0.25) is 6.41 Å². The van der Waals surface area contributed by atoms with Crippen molar-refractivity contribution < 1.29 is 19.7 Å². The number of halogens is 1. The summed E-state index contributed by atoms with van der Waals surface area (Å²) in [6.07, 6.45) is 0.751. The zero-order valence-corrected chi connectivity index (χ0v) is 13.6. The number of carbonyl (C=O) groups is 1. The van der Waals surface area contributed by atoms with Gasteiger partial charge < -0.3 is 19.8 Å². The number of rotatable bonds is 6. The highest BCUT2D eigenvalue weighted by molar-refractivity contribution is 9.10. The predicted octanol–water partition coefficient (Wildman–Crippen LogP) is 3.03. The zero-order chi connectivity index (χ0) is 16.1. The first-order valence-corrected chi connectivity index (χ1v) is 7.35. The quantitative estimate of drug-likeness (QED) is 0.772. The second kappa shape index (κ2) is 7.17. The average molecular weight is 366 g/mol. The van der Waals surface area contributed by atoms with Gasteiger partial charge in [-0.15, -0.1) is 0 Å². The third kappa shape index (κ3) is 3.92. The molecule has 2 N–H and O–H groups in total. The smallest absolute Gasteiger partial charge is 0.210 e. The second-order valence-corrected chi connectivity index (χ2v) is 5.65. The molecule has 0 radical (unpaired) electrons. The molecule has 0 bridgehead atoms. The lowest BCUT2D eigenvalue weighted by Crippen LogP contribution is -2.21. The first-order valence-electron chi connectivity index (χ1n) is 6.56. The summed E-state index contributed by atoms with van der Waals surface area (Å²) in [7, 11) is 1.48. The second-order valence-electron chi connectivity index (χ2n) is 4.79. The fraction of sp³-hybridized carbons (Fsp3) is 0.188. The summed E-state index contributed by atoms with van der Waals surface area (Å²) in [5, 5.41) is 19.1. The summed E-state index contributed by atoms with van der Waals surface area (Å²) in [6, 6.07) is 9.89. The van der Waals surface area contributed by atoms with Gasteiger partial charge >= 0.3 is 0 Å². The molecule has 0 aromatic heterocycles. The maximum atomic E-state index is 11.3. The number of hydrogen-bond donors (Lipinski definition) is 2. The Bertz CT molecular complexity index is 658. The molecule has 0 aliphatic heterocycles. The number of methoxy groups -OCH3 is 1. The Morgan fingerprint density at radius 3 is 2.45 bits per heavy atom. The molecule has 1 amide bonds. The SMILES string of the molecule is COc1cc(Br)c(CN(C=O)Cc2ccc(O)cc2)cc1O. The molecule has 116 valence electrons. The maximum absolute atomic E-state index is 11.3. The lowest BCUT2D eigenvalue weighted by atomic mass is 10.1. The molecule has 0 saturated carbocycles. The van der Waals surface area contributed by atoms with Crippen molar-refractivity contribution >= 4 is 22.3 Å². The summed E-state index contributed by atoms with van der Waals surface area (Å²) in [4.78, 5) is 12.8. The molecule has 0 unspecified atom stereocenters. The number of benzene rings is 2. The Labute approximate surface area is 136 Å². The topological polar surface area (TPSA) is 70.0 Å². The van der Waals surface area contributed by atoms with Crippen LogP contribution >= 0.6 is 15.9 Å². The number of hydrogen-bond acceptors (Lipinski definition) is 4. The van der Waals surface area contributed by atoms with Crippen molar-refractivity contribution in [3.8, 4) is 17.2 Å². The first-order chi connectivity index (χ1) is 10.5. The largest absolute Gasteiger partial charge is 0.508 e. The molecule has 6 heteroatoms. The standard InChI is InChI=1S/C16H16BrNO4/c1-22-16-7-14(17)12(6-15(16)21)9-18(10-19)8-11-2-4-13(20)5-3-11/h2-7,10,20-21H,8-9H2,1H3. The summed E-state index contributed by atoms with van der Waals surface area (Å²) in [6.45, 7) is 0.742. The molecule has 0 heterocycles. The summed E-state index contributed by atoms with van der Waals surface area (Å²) in [5.41, 5.74) is 1.67. The van der Waals surface area contributed by atoms with Crippen LogP contribution in [-0.2, 0) is 17.9 Å². The van der Waals surface area contributed by atoms with Crippen molar-refractivity contribution in [2.45, 2.75) is 13.1 Å². The van der Waals surface area contributed by atoms with E-state index in [9.17, 15) is 15.0 Å². The molecule has 2 rings (SSSR count). The third-order valence-corrected chi connectivity index (χ3v) is 3.93. The van der Waals surface area contributed by atoms with E-state index in [0.29, 0.717) is 18.8 Å². The number of nitrogens with zero attached hydrogens (tertiary/aromatic N) is 1. The van der Waals surface area contributed by atoms with Crippen LogP contribution in [0.2, 0.25) is 0 Å². The minimum absolute atomic E-state index is 0.0242. The van der Waals surface area contributed by atoms with Crippen LogP contribution in [0.3, 0.4) is 0 Å². The molecule has 0 atom stereocenters. The molecule has 0 aliphatic rings. The molecule has 0 saturated heterocycles. The number of aromatic hydroxyl groups is 2. The molecule has 0 fully saturated rings. The van der Waals surface area contributed by atoms with Crippen LogP contribution in [0, 0.1) is 0 Å². The Morgan fingerprint density at radius 1 is 1.18 bits per heavy atom. The molecule has 2 aromatic carbocycles. The van der Waals surface area contributed by atoms with E-state index in [-0.39, 0.29) is 11.5 Å². The summed E-state index contributed by atoms with van der Waals surface area (Å²) >= 11 is 3.41. The zero-order valence-electron chi connectivity index (χ0n) is 12.0. The average Bonchev–Trinajstić information content (AvgIpc) is 2.51. The van der Waals surface area contributed by atoms with Gasteiger partial charge in [0.1, 0.15) is 5.75 Å². The van der Waals surface area contributed by atoms with Gasteiger partial charge in [0.05, 0.1) is 7.11 Å². The summed E-state index contributed by atoms with van der Waals surface area (Å²) < 4.78 is 5.78. The van der Waals surface area contributed by atoms with Crippen LogP contribution in [0.4, 0.5) is 0 Å². The van der Waals surface area contributed by atoms with Crippen LogP contribution in [0.1, 0.15) is 11.1 Å². The lowest BCUT2D eigenvalue weighted by molar-refractivity contribution is -0.119. The van der Waals surface area contributed by atoms with E-state index in [4.69, 9.17) is 4.74 Å². The van der Waals surface area contributed by atoms with Crippen LogP contribution in [0.15, 0.2) is 40.9 Å². The van der Waals surface area contributed by atoms with Crippen molar-refractivity contribution in [1.82, 2.24) is 4.90 Å². The van der Waals surface area contributed by atoms with Gasteiger partial charge in [-0.05, 0) is 35.4 Å². The van der Waals surface area contributed by atoms with E-state index < -0.39 is 0 Å². The van der Waals surface area contributed by atoms with Crippen LogP contribution in [0.25, 0.3) is 0 Å². The highest BCUT2D eigenvalue weighted by atomic mass is 79.9. The Hall–Kier alpha value is -2.21. The number of ether oxygens (including phenoxy) is 1.